The van der Waals surface area contributed by atoms with E-state index in [9.17, 15) is 8.42 Å². The molecule has 5 nitrogen and oxygen atoms in total. The molecule has 2 aromatic heterocycles. The molecule has 0 atom stereocenters. The molecular formula is C14H20N2O3S2. The highest BCUT2D eigenvalue weighted by Crippen LogP contribution is 2.26. The van der Waals surface area contributed by atoms with E-state index in [-0.39, 0.29) is 4.90 Å². The summed E-state index contributed by atoms with van der Waals surface area (Å²) in [5.74, 6) is 1.07. The van der Waals surface area contributed by atoms with Gasteiger partial charge in [0.15, 0.2) is 0 Å². The van der Waals surface area contributed by atoms with Gasteiger partial charge in [0.05, 0.1) is 0 Å². The maximum atomic E-state index is 12.5. The molecular weight excluding hydrogens is 308 g/mol. The van der Waals surface area contributed by atoms with Crippen molar-refractivity contribution >= 4 is 21.4 Å². The molecule has 0 aromatic carbocycles. The van der Waals surface area contributed by atoms with Crippen molar-refractivity contribution in [2.75, 3.05) is 13.6 Å². The van der Waals surface area contributed by atoms with E-state index in [4.69, 9.17) is 4.42 Å². The Balaban J connectivity index is 2.15. The van der Waals surface area contributed by atoms with Gasteiger partial charge in [0.2, 0.25) is 10.0 Å². The maximum Gasteiger partial charge on any atom is 0.244 e. The molecule has 0 saturated heterocycles. The molecule has 0 amide bonds. The lowest BCUT2D eigenvalue weighted by Gasteiger charge is -2.08. The number of nitrogens with one attached hydrogen (secondary N) is 2. The van der Waals surface area contributed by atoms with Crippen LogP contribution in [0.1, 0.15) is 22.0 Å². The number of furan rings is 1. The van der Waals surface area contributed by atoms with Crippen molar-refractivity contribution in [3.05, 3.63) is 39.5 Å². The van der Waals surface area contributed by atoms with E-state index >= 15 is 0 Å². The van der Waals surface area contributed by atoms with Gasteiger partial charge < -0.3 is 9.73 Å². The molecule has 0 aliphatic carbocycles. The summed E-state index contributed by atoms with van der Waals surface area (Å²) in [6.07, 6.45) is 0.689. The van der Waals surface area contributed by atoms with Gasteiger partial charge in [-0.1, -0.05) is 6.07 Å². The Bertz CT molecular complexity index is 688. The molecule has 0 aliphatic heterocycles. The van der Waals surface area contributed by atoms with Crippen LogP contribution in [0.15, 0.2) is 26.8 Å². The molecule has 2 heterocycles. The fourth-order valence-corrected chi connectivity index (χ4v) is 4.46. The number of aryl methyl sites for hydroxylation is 2. The van der Waals surface area contributed by atoms with Gasteiger partial charge in [-0.05, 0) is 38.8 Å². The number of hydrogen-bond donors (Lipinski definition) is 2. The van der Waals surface area contributed by atoms with Crippen molar-refractivity contribution in [2.24, 2.45) is 0 Å². The minimum atomic E-state index is -3.56. The average Bonchev–Trinajstić information content (AvgIpc) is 2.99. The molecule has 116 valence electrons. The number of rotatable bonds is 7. The van der Waals surface area contributed by atoms with Crippen LogP contribution in [0.4, 0.5) is 0 Å². The van der Waals surface area contributed by atoms with E-state index < -0.39 is 10.0 Å². The number of hydrogen-bond acceptors (Lipinski definition) is 5. The van der Waals surface area contributed by atoms with Crippen molar-refractivity contribution in [1.29, 1.82) is 0 Å². The highest BCUT2D eigenvalue weighted by Gasteiger charge is 2.26. The lowest BCUT2D eigenvalue weighted by atomic mass is 10.2. The standard InChI is InChI=1S/C14H20N2O3S2/c1-10-13(9-15-3)14(11(2)19-10)21(17,18)16-7-6-12-5-4-8-20-12/h4-5,8,15-16H,6-7,9H2,1-3H3. The second kappa shape index (κ2) is 6.74. The van der Waals surface area contributed by atoms with E-state index in [1.54, 1.807) is 32.2 Å². The Morgan fingerprint density at radius 1 is 1.29 bits per heavy atom. The van der Waals surface area contributed by atoms with Crippen LogP contribution in [-0.4, -0.2) is 22.0 Å². The van der Waals surface area contributed by atoms with Crippen molar-refractivity contribution in [2.45, 2.75) is 31.7 Å². The first-order chi connectivity index (χ1) is 9.95. The van der Waals surface area contributed by atoms with Crippen molar-refractivity contribution in [3.63, 3.8) is 0 Å². The maximum absolute atomic E-state index is 12.5. The van der Waals surface area contributed by atoms with E-state index in [0.717, 1.165) is 4.88 Å². The predicted octanol–water partition coefficient (Wildman–Crippen LogP) is 2.20. The first-order valence-corrected chi connectivity index (χ1v) is 9.07. The molecule has 0 spiro atoms. The molecule has 0 aliphatic rings. The Kier molecular flexibility index (Phi) is 5.21. The molecule has 0 unspecified atom stereocenters. The summed E-state index contributed by atoms with van der Waals surface area (Å²) in [5, 5.41) is 4.96. The Hall–Kier alpha value is -1.15. The number of thiophene rings is 1. The van der Waals surface area contributed by atoms with Gasteiger partial charge in [0, 0.05) is 23.5 Å². The van der Waals surface area contributed by atoms with Crippen LogP contribution < -0.4 is 10.0 Å². The molecule has 0 fully saturated rings. The smallest absolute Gasteiger partial charge is 0.244 e. The van der Waals surface area contributed by atoms with Gasteiger partial charge in [-0.15, -0.1) is 11.3 Å². The largest absolute Gasteiger partial charge is 0.465 e. The third kappa shape index (κ3) is 3.74. The average molecular weight is 328 g/mol. The van der Waals surface area contributed by atoms with E-state index in [1.807, 2.05) is 17.5 Å². The molecule has 0 saturated carbocycles. The molecule has 2 rings (SSSR count). The third-order valence-corrected chi connectivity index (χ3v) is 5.78. The van der Waals surface area contributed by atoms with Crippen LogP contribution in [0, 0.1) is 13.8 Å². The van der Waals surface area contributed by atoms with Gasteiger partial charge >= 0.3 is 0 Å². The minimum Gasteiger partial charge on any atom is -0.465 e. The fraction of sp³-hybridized carbons (Fsp3) is 0.429. The normalized spacial score (nSPS) is 12.0. The second-order valence-corrected chi connectivity index (χ2v) is 7.52. The summed E-state index contributed by atoms with van der Waals surface area (Å²) in [4.78, 5) is 1.42. The predicted molar refractivity (Wildman–Crippen MR) is 84.2 cm³/mol. The molecule has 0 bridgehead atoms. The van der Waals surface area contributed by atoms with Crippen LogP contribution in [0.25, 0.3) is 0 Å². The van der Waals surface area contributed by atoms with Crippen LogP contribution >= 0.6 is 11.3 Å². The van der Waals surface area contributed by atoms with Gasteiger partial charge in [-0.3, -0.25) is 0 Å². The van der Waals surface area contributed by atoms with E-state index in [2.05, 4.69) is 10.0 Å². The first-order valence-electron chi connectivity index (χ1n) is 6.71. The summed E-state index contributed by atoms with van der Waals surface area (Å²) in [6, 6.07) is 3.96. The zero-order valence-corrected chi connectivity index (χ0v) is 14.0. The van der Waals surface area contributed by atoms with Gasteiger partial charge in [0.25, 0.3) is 0 Å². The zero-order chi connectivity index (χ0) is 15.5. The minimum absolute atomic E-state index is 0.264. The Morgan fingerprint density at radius 2 is 2.05 bits per heavy atom. The lowest BCUT2D eigenvalue weighted by molar-refractivity contribution is 0.493. The third-order valence-electron chi connectivity index (χ3n) is 3.19. The Labute approximate surface area is 129 Å². The molecule has 2 N–H and O–H groups in total. The molecule has 2 aromatic rings. The lowest BCUT2D eigenvalue weighted by Crippen LogP contribution is -2.27. The van der Waals surface area contributed by atoms with Crippen molar-refractivity contribution in [1.82, 2.24) is 10.0 Å². The Morgan fingerprint density at radius 3 is 2.67 bits per heavy atom. The topological polar surface area (TPSA) is 71.3 Å². The second-order valence-electron chi connectivity index (χ2n) is 4.78. The summed E-state index contributed by atoms with van der Waals surface area (Å²) in [6.45, 7) is 4.31. The zero-order valence-electron chi connectivity index (χ0n) is 12.4. The van der Waals surface area contributed by atoms with E-state index in [1.165, 1.54) is 0 Å². The molecule has 0 radical (unpaired) electrons. The van der Waals surface area contributed by atoms with Crippen molar-refractivity contribution in [3.8, 4) is 0 Å². The van der Waals surface area contributed by atoms with Crippen LogP contribution in [0.5, 0.6) is 0 Å². The molecule has 21 heavy (non-hydrogen) atoms. The first kappa shape index (κ1) is 16.2. The van der Waals surface area contributed by atoms with Crippen LogP contribution in [0.2, 0.25) is 0 Å². The van der Waals surface area contributed by atoms with Gasteiger partial charge in [0.1, 0.15) is 16.4 Å². The van der Waals surface area contributed by atoms with E-state index in [0.29, 0.717) is 36.6 Å². The van der Waals surface area contributed by atoms with Crippen molar-refractivity contribution < 1.29 is 12.8 Å². The summed E-state index contributed by atoms with van der Waals surface area (Å²) < 4.78 is 33.1. The number of sulfonamides is 1. The van der Waals surface area contributed by atoms with Crippen LogP contribution in [-0.2, 0) is 23.0 Å². The summed E-state index contributed by atoms with van der Waals surface area (Å²) in [7, 11) is -1.78. The van der Waals surface area contributed by atoms with Gasteiger partial charge in [-0.2, -0.15) is 0 Å². The SMILES string of the molecule is CNCc1c(C)oc(C)c1S(=O)(=O)NCCc1cccs1. The summed E-state index contributed by atoms with van der Waals surface area (Å²) >= 11 is 1.62. The van der Waals surface area contributed by atoms with Crippen LogP contribution in [0.3, 0.4) is 0 Å². The fourth-order valence-electron chi connectivity index (χ4n) is 2.28. The highest BCUT2D eigenvalue weighted by atomic mass is 32.2. The monoisotopic (exact) mass is 328 g/mol. The summed E-state index contributed by atoms with van der Waals surface area (Å²) in [5.41, 5.74) is 0.693. The quantitative estimate of drug-likeness (QED) is 0.817. The molecule has 7 heteroatoms. The highest BCUT2D eigenvalue weighted by molar-refractivity contribution is 7.89. The van der Waals surface area contributed by atoms with Gasteiger partial charge in [-0.25, -0.2) is 13.1 Å².